The fourth-order valence-electron chi connectivity index (χ4n) is 2.46. The van der Waals surface area contributed by atoms with Crippen LogP contribution in [0.1, 0.15) is 32.0 Å². The van der Waals surface area contributed by atoms with Crippen LogP contribution in [0.25, 0.3) is 12.2 Å². The van der Waals surface area contributed by atoms with E-state index >= 15 is 0 Å². The van der Waals surface area contributed by atoms with E-state index in [9.17, 15) is 9.59 Å². The molecule has 3 rings (SSSR count). The molecule has 27 heavy (non-hydrogen) atoms. The SMILES string of the molecule is COC(=O)c1ccc(C(=O)Nc2cccc(/C=C/c3ccccn3)c2)cc1. The second-order valence-corrected chi connectivity index (χ2v) is 5.74. The van der Waals surface area contributed by atoms with Gasteiger partial charge in [0, 0.05) is 17.4 Å². The minimum Gasteiger partial charge on any atom is -0.465 e. The van der Waals surface area contributed by atoms with Crippen molar-refractivity contribution in [2.24, 2.45) is 0 Å². The number of hydrogen-bond donors (Lipinski definition) is 1. The zero-order valence-electron chi connectivity index (χ0n) is 14.8. The van der Waals surface area contributed by atoms with Crippen LogP contribution < -0.4 is 5.32 Å². The van der Waals surface area contributed by atoms with Gasteiger partial charge in [0.2, 0.25) is 0 Å². The fourth-order valence-corrected chi connectivity index (χ4v) is 2.46. The lowest BCUT2D eigenvalue weighted by molar-refractivity contribution is 0.0600. The fraction of sp³-hybridized carbons (Fsp3) is 0.0455. The molecule has 1 amide bonds. The lowest BCUT2D eigenvalue weighted by atomic mass is 10.1. The number of benzene rings is 2. The number of esters is 1. The largest absolute Gasteiger partial charge is 0.465 e. The van der Waals surface area contributed by atoms with E-state index in [-0.39, 0.29) is 5.91 Å². The van der Waals surface area contributed by atoms with Gasteiger partial charge in [-0.05, 0) is 60.2 Å². The zero-order chi connectivity index (χ0) is 19.1. The van der Waals surface area contributed by atoms with E-state index < -0.39 is 5.97 Å². The highest BCUT2D eigenvalue weighted by molar-refractivity contribution is 6.05. The van der Waals surface area contributed by atoms with E-state index in [2.05, 4.69) is 15.0 Å². The predicted octanol–water partition coefficient (Wildman–Crippen LogP) is 4.29. The molecule has 0 aliphatic heterocycles. The van der Waals surface area contributed by atoms with Crippen LogP contribution in [0.15, 0.2) is 72.9 Å². The number of rotatable bonds is 5. The van der Waals surface area contributed by atoms with Gasteiger partial charge in [0.25, 0.3) is 5.91 Å². The first kappa shape index (κ1) is 18.1. The molecule has 0 atom stereocenters. The third-order valence-corrected chi connectivity index (χ3v) is 3.85. The molecule has 134 valence electrons. The number of nitrogens with one attached hydrogen (secondary N) is 1. The summed E-state index contributed by atoms with van der Waals surface area (Å²) in [6.45, 7) is 0. The monoisotopic (exact) mass is 358 g/mol. The molecule has 0 saturated carbocycles. The van der Waals surface area contributed by atoms with Gasteiger partial charge in [-0.2, -0.15) is 0 Å². The summed E-state index contributed by atoms with van der Waals surface area (Å²) in [4.78, 5) is 28.1. The second kappa shape index (κ2) is 8.58. The van der Waals surface area contributed by atoms with Gasteiger partial charge >= 0.3 is 5.97 Å². The van der Waals surface area contributed by atoms with Gasteiger partial charge in [-0.15, -0.1) is 0 Å². The highest BCUT2D eigenvalue weighted by Gasteiger charge is 2.09. The molecule has 5 heteroatoms. The molecule has 0 spiro atoms. The van der Waals surface area contributed by atoms with Crippen molar-refractivity contribution in [1.82, 2.24) is 4.98 Å². The van der Waals surface area contributed by atoms with Crippen LogP contribution in [0.2, 0.25) is 0 Å². The Labute approximate surface area is 157 Å². The van der Waals surface area contributed by atoms with Crippen LogP contribution in [-0.4, -0.2) is 24.0 Å². The predicted molar refractivity (Wildman–Crippen MR) is 105 cm³/mol. The second-order valence-electron chi connectivity index (χ2n) is 5.74. The smallest absolute Gasteiger partial charge is 0.337 e. The van der Waals surface area contributed by atoms with Crippen molar-refractivity contribution in [3.05, 3.63) is 95.3 Å². The molecule has 0 bridgehead atoms. The summed E-state index contributed by atoms with van der Waals surface area (Å²) < 4.78 is 4.65. The van der Waals surface area contributed by atoms with E-state index in [1.54, 1.807) is 30.5 Å². The molecule has 1 heterocycles. The maximum Gasteiger partial charge on any atom is 0.337 e. The van der Waals surface area contributed by atoms with Crippen LogP contribution in [-0.2, 0) is 4.74 Å². The van der Waals surface area contributed by atoms with Gasteiger partial charge in [0.1, 0.15) is 0 Å². The van der Waals surface area contributed by atoms with Gasteiger partial charge < -0.3 is 10.1 Å². The highest BCUT2D eigenvalue weighted by atomic mass is 16.5. The van der Waals surface area contributed by atoms with Crippen molar-refractivity contribution in [3.63, 3.8) is 0 Å². The number of carbonyl (C=O) groups is 2. The van der Waals surface area contributed by atoms with Crippen LogP contribution in [0.5, 0.6) is 0 Å². The first-order valence-electron chi connectivity index (χ1n) is 8.34. The average Bonchev–Trinajstić information content (AvgIpc) is 2.73. The van der Waals surface area contributed by atoms with Gasteiger partial charge in [0.15, 0.2) is 0 Å². The number of aromatic nitrogens is 1. The third-order valence-electron chi connectivity index (χ3n) is 3.85. The lowest BCUT2D eigenvalue weighted by Crippen LogP contribution is -2.12. The van der Waals surface area contributed by atoms with Gasteiger partial charge in [0.05, 0.1) is 18.4 Å². The molecular weight excluding hydrogens is 340 g/mol. The van der Waals surface area contributed by atoms with Crippen LogP contribution >= 0.6 is 0 Å². The van der Waals surface area contributed by atoms with E-state index in [0.29, 0.717) is 16.8 Å². The standard InChI is InChI=1S/C22H18N2O3/c1-27-22(26)18-11-9-17(10-12-18)21(25)24-20-7-4-5-16(15-20)8-13-19-6-2-3-14-23-19/h2-15H,1H3,(H,24,25)/b13-8+. The highest BCUT2D eigenvalue weighted by Crippen LogP contribution is 2.15. The van der Waals surface area contributed by atoms with Crippen LogP contribution in [0.3, 0.4) is 0 Å². The Balaban J connectivity index is 1.69. The molecule has 5 nitrogen and oxygen atoms in total. The number of carbonyl (C=O) groups excluding carboxylic acids is 2. The Bertz CT molecular complexity index is 964. The van der Waals surface area contributed by atoms with Crippen molar-refractivity contribution < 1.29 is 14.3 Å². The first-order chi connectivity index (χ1) is 13.2. The first-order valence-corrected chi connectivity index (χ1v) is 8.34. The molecule has 2 aromatic carbocycles. The summed E-state index contributed by atoms with van der Waals surface area (Å²) in [6, 6.07) is 19.5. The maximum atomic E-state index is 12.4. The Hall–Kier alpha value is -3.73. The number of methoxy groups -OCH3 is 1. The Morgan fingerprint density at radius 3 is 2.41 bits per heavy atom. The minimum absolute atomic E-state index is 0.253. The van der Waals surface area contributed by atoms with E-state index in [4.69, 9.17) is 0 Å². The third kappa shape index (κ3) is 4.89. The van der Waals surface area contributed by atoms with Gasteiger partial charge in [-0.3, -0.25) is 9.78 Å². The lowest BCUT2D eigenvalue weighted by Gasteiger charge is -2.07. The molecule has 0 aliphatic rings. The zero-order valence-corrected chi connectivity index (χ0v) is 14.8. The molecule has 1 N–H and O–H groups in total. The summed E-state index contributed by atoms with van der Waals surface area (Å²) in [5.41, 5.74) is 3.34. The number of ether oxygens (including phenoxy) is 1. The van der Waals surface area contributed by atoms with Crippen LogP contribution in [0, 0.1) is 0 Å². The summed E-state index contributed by atoms with van der Waals surface area (Å²) in [5.74, 6) is -0.688. The summed E-state index contributed by atoms with van der Waals surface area (Å²) in [7, 11) is 1.32. The summed E-state index contributed by atoms with van der Waals surface area (Å²) in [6.07, 6.45) is 5.58. The van der Waals surface area contributed by atoms with Crippen molar-refractivity contribution in [2.75, 3.05) is 12.4 Å². The van der Waals surface area contributed by atoms with E-state index in [1.807, 2.05) is 54.6 Å². The topological polar surface area (TPSA) is 68.3 Å². The minimum atomic E-state index is -0.436. The van der Waals surface area contributed by atoms with E-state index in [0.717, 1.165) is 11.3 Å². The van der Waals surface area contributed by atoms with Gasteiger partial charge in [-0.1, -0.05) is 24.3 Å². The number of nitrogens with zero attached hydrogens (tertiary/aromatic N) is 1. The molecule has 0 radical (unpaired) electrons. The molecule has 0 fully saturated rings. The molecule has 1 aromatic heterocycles. The van der Waals surface area contributed by atoms with Gasteiger partial charge in [-0.25, -0.2) is 4.79 Å². The number of pyridine rings is 1. The van der Waals surface area contributed by atoms with Crippen LogP contribution in [0.4, 0.5) is 5.69 Å². The van der Waals surface area contributed by atoms with E-state index in [1.165, 1.54) is 7.11 Å². The summed E-state index contributed by atoms with van der Waals surface area (Å²) >= 11 is 0. The van der Waals surface area contributed by atoms with Crippen molar-refractivity contribution in [2.45, 2.75) is 0 Å². The number of amides is 1. The molecule has 0 saturated heterocycles. The maximum absolute atomic E-state index is 12.4. The quantitative estimate of drug-likeness (QED) is 0.691. The normalized spacial score (nSPS) is 10.6. The molecular formula is C22H18N2O3. The Morgan fingerprint density at radius 1 is 0.926 bits per heavy atom. The number of anilines is 1. The van der Waals surface area contributed by atoms with Crippen molar-refractivity contribution in [3.8, 4) is 0 Å². The molecule has 3 aromatic rings. The molecule has 0 aliphatic carbocycles. The Kier molecular flexibility index (Phi) is 5.74. The summed E-state index contributed by atoms with van der Waals surface area (Å²) in [5, 5.41) is 2.85. The molecule has 0 unspecified atom stereocenters. The van der Waals surface area contributed by atoms with Crippen molar-refractivity contribution >= 4 is 29.7 Å². The average molecular weight is 358 g/mol. The number of hydrogen-bond acceptors (Lipinski definition) is 4. The Morgan fingerprint density at radius 2 is 1.70 bits per heavy atom. The van der Waals surface area contributed by atoms with Crippen molar-refractivity contribution in [1.29, 1.82) is 0 Å².